The predicted molar refractivity (Wildman–Crippen MR) is 41.8 cm³/mol. The van der Waals surface area contributed by atoms with E-state index in [1.165, 1.54) is 0 Å². The topological polar surface area (TPSA) is 83.8 Å². The normalized spacial score (nSPS) is 10.9. The molecule has 0 rings (SSSR count). The van der Waals surface area contributed by atoms with Crippen molar-refractivity contribution in [1.29, 1.82) is 0 Å². The molecule has 1 atom stereocenters. The molecule has 0 radical (unpaired) electrons. The zero-order chi connectivity index (χ0) is 9.56. The van der Waals surface area contributed by atoms with E-state index in [2.05, 4.69) is 11.1 Å². The van der Waals surface area contributed by atoms with Gasteiger partial charge in [-0.2, -0.15) is 0 Å². The molecule has 0 aromatic carbocycles. The molecule has 0 aromatic rings. The fourth-order valence-corrected chi connectivity index (χ4v) is 0.820. The summed E-state index contributed by atoms with van der Waals surface area (Å²) in [5.41, 5.74) is 0.0757. The second-order valence-electron chi connectivity index (χ2n) is 2.08. The molecule has 1 unspecified atom stereocenters. The van der Waals surface area contributed by atoms with Crippen LogP contribution in [0.5, 0.6) is 0 Å². The van der Waals surface area contributed by atoms with Gasteiger partial charge in [0.25, 0.3) is 0 Å². The maximum absolute atomic E-state index is 10.2. The van der Waals surface area contributed by atoms with E-state index in [4.69, 9.17) is 10.00 Å². The van der Waals surface area contributed by atoms with Gasteiger partial charge < -0.3 is 5.11 Å². The van der Waals surface area contributed by atoms with Crippen LogP contribution in [0.4, 0.5) is 0 Å². The Labute approximate surface area is 70.6 Å². The van der Waals surface area contributed by atoms with Crippen molar-refractivity contribution in [3.05, 3.63) is 12.2 Å². The summed E-state index contributed by atoms with van der Waals surface area (Å²) in [5, 5.41) is 8.34. The molecule has 0 spiro atoms. The van der Waals surface area contributed by atoms with Gasteiger partial charge in [0.2, 0.25) is 0 Å². The fourth-order valence-electron chi connectivity index (χ4n) is 0.535. The van der Waals surface area contributed by atoms with Crippen molar-refractivity contribution in [3.63, 3.8) is 0 Å². The average molecular weight is 193 g/mol. The summed E-state index contributed by atoms with van der Waals surface area (Å²) in [6, 6.07) is 0. The van der Waals surface area contributed by atoms with Gasteiger partial charge in [-0.1, -0.05) is 6.58 Å². The van der Waals surface area contributed by atoms with Crippen LogP contribution in [-0.4, -0.2) is 22.6 Å². The van der Waals surface area contributed by atoms with Gasteiger partial charge in [0, 0.05) is 10.1 Å². The number of hydrogen-bond donors (Lipinski definition) is 2. The van der Waals surface area contributed by atoms with Crippen molar-refractivity contribution >= 4 is 14.2 Å². The lowest BCUT2D eigenvalue weighted by atomic mass is 10.2. The summed E-state index contributed by atoms with van der Waals surface area (Å²) in [7, 11) is -2.57. The number of aliphatic carboxylic acids is 1. The van der Waals surface area contributed by atoms with Gasteiger partial charge in [-0.25, -0.2) is 4.79 Å². The van der Waals surface area contributed by atoms with Crippen molar-refractivity contribution in [1.82, 2.24) is 0 Å². The Hall–Kier alpha value is -0.770. The minimum Gasteiger partial charge on any atom is -0.478 e. The van der Waals surface area contributed by atoms with Crippen LogP contribution in [0.3, 0.4) is 0 Å². The maximum Gasteiger partial charge on any atom is 0.694 e. The molecule has 0 heterocycles. The SMILES string of the molecule is C=C(CCCO[P+](=O)O)C(=O)O. The van der Waals surface area contributed by atoms with E-state index in [1.54, 1.807) is 0 Å². The number of hydrogen-bond acceptors (Lipinski definition) is 3. The average Bonchev–Trinajstić information content (AvgIpc) is 1.97. The molecule has 0 saturated heterocycles. The lowest BCUT2D eigenvalue weighted by Crippen LogP contribution is -1.99. The van der Waals surface area contributed by atoms with Gasteiger partial charge in [0.05, 0.1) is 0 Å². The molecule has 0 amide bonds. The Morgan fingerprint density at radius 2 is 2.17 bits per heavy atom. The van der Waals surface area contributed by atoms with Gasteiger partial charge >= 0.3 is 14.2 Å². The van der Waals surface area contributed by atoms with E-state index in [0.29, 0.717) is 6.42 Å². The lowest BCUT2D eigenvalue weighted by molar-refractivity contribution is -0.132. The standard InChI is InChI=1S/C6H9O5P/c1-5(6(7)8)3-2-4-11-12(9)10/h1-4H2,(H-,7,8,9,10)/p+1. The summed E-state index contributed by atoms with van der Waals surface area (Å²) >= 11 is 0. The summed E-state index contributed by atoms with van der Waals surface area (Å²) in [5.74, 6) is -1.05. The van der Waals surface area contributed by atoms with Crippen molar-refractivity contribution in [2.75, 3.05) is 6.61 Å². The largest absolute Gasteiger partial charge is 0.694 e. The maximum atomic E-state index is 10.2. The zero-order valence-electron chi connectivity index (χ0n) is 6.39. The molecular weight excluding hydrogens is 183 g/mol. The number of rotatable bonds is 6. The highest BCUT2D eigenvalue weighted by molar-refractivity contribution is 7.32. The minimum absolute atomic E-state index is 0.0675. The molecule has 0 aliphatic carbocycles. The van der Waals surface area contributed by atoms with Gasteiger partial charge in [-0.15, -0.1) is 9.42 Å². The molecule has 0 aromatic heterocycles. The molecule has 6 heteroatoms. The first-order valence-electron chi connectivity index (χ1n) is 3.24. The minimum atomic E-state index is -2.57. The second kappa shape index (κ2) is 5.83. The Bertz CT molecular complexity index is 200. The number of carboxylic acid groups (broad SMARTS) is 1. The van der Waals surface area contributed by atoms with Crippen molar-refractivity contribution in [2.24, 2.45) is 0 Å². The Kier molecular flexibility index (Phi) is 5.45. The van der Waals surface area contributed by atoms with Crippen LogP contribution in [0.15, 0.2) is 12.2 Å². The summed E-state index contributed by atoms with van der Waals surface area (Å²) in [6.45, 7) is 3.35. The predicted octanol–water partition coefficient (Wildman–Crippen LogP) is 1.07. The Balaban J connectivity index is 3.38. The quantitative estimate of drug-likeness (QED) is 0.374. The number of carboxylic acids is 1. The highest BCUT2D eigenvalue weighted by Crippen LogP contribution is 2.15. The van der Waals surface area contributed by atoms with E-state index in [1.807, 2.05) is 0 Å². The van der Waals surface area contributed by atoms with Gasteiger partial charge in [0.15, 0.2) is 0 Å². The van der Waals surface area contributed by atoms with E-state index in [0.717, 1.165) is 0 Å². The monoisotopic (exact) mass is 193 g/mol. The first-order valence-corrected chi connectivity index (χ1v) is 4.37. The van der Waals surface area contributed by atoms with E-state index < -0.39 is 14.2 Å². The van der Waals surface area contributed by atoms with Crippen LogP contribution >= 0.6 is 8.25 Å². The van der Waals surface area contributed by atoms with Gasteiger partial charge in [-0.05, 0) is 12.8 Å². The van der Waals surface area contributed by atoms with Crippen LogP contribution in [-0.2, 0) is 13.9 Å². The summed E-state index contributed by atoms with van der Waals surface area (Å²) < 4.78 is 14.3. The Morgan fingerprint density at radius 1 is 1.58 bits per heavy atom. The third kappa shape index (κ3) is 5.97. The highest BCUT2D eigenvalue weighted by Gasteiger charge is 2.11. The zero-order valence-corrected chi connectivity index (χ0v) is 7.29. The molecular formula is C6H10O5P+. The molecule has 5 nitrogen and oxygen atoms in total. The molecule has 0 aliphatic rings. The van der Waals surface area contributed by atoms with Gasteiger partial charge in [0.1, 0.15) is 6.61 Å². The third-order valence-corrected chi connectivity index (χ3v) is 1.53. The fraction of sp³-hybridized carbons (Fsp3) is 0.500. The Morgan fingerprint density at radius 3 is 2.58 bits per heavy atom. The van der Waals surface area contributed by atoms with E-state index in [9.17, 15) is 9.36 Å². The van der Waals surface area contributed by atoms with Crippen molar-refractivity contribution in [3.8, 4) is 0 Å². The van der Waals surface area contributed by atoms with Crippen molar-refractivity contribution < 1.29 is 23.9 Å². The van der Waals surface area contributed by atoms with Gasteiger partial charge in [-0.3, -0.25) is 0 Å². The molecule has 12 heavy (non-hydrogen) atoms. The van der Waals surface area contributed by atoms with Crippen molar-refractivity contribution in [2.45, 2.75) is 12.8 Å². The smallest absolute Gasteiger partial charge is 0.478 e. The second-order valence-corrected chi connectivity index (χ2v) is 2.82. The number of carbonyl (C=O) groups is 1. The molecule has 0 fully saturated rings. The van der Waals surface area contributed by atoms with Crippen LogP contribution in [0.1, 0.15) is 12.8 Å². The summed E-state index contributed by atoms with van der Waals surface area (Å²) in [4.78, 5) is 18.4. The molecule has 2 N–H and O–H groups in total. The molecule has 0 saturated carbocycles. The van der Waals surface area contributed by atoms with Crippen LogP contribution in [0.2, 0.25) is 0 Å². The van der Waals surface area contributed by atoms with E-state index in [-0.39, 0.29) is 18.6 Å². The highest BCUT2D eigenvalue weighted by atomic mass is 31.1. The first kappa shape index (κ1) is 11.2. The molecule has 0 bridgehead atoms. The molecule has 0 aliphatic heterocycles. The first-order chi connectivity index (χ1) is 5.54. The third-order valence-electron chi connectivity index (χ3n) is 1.13. The summed E-state index contributed by atoms with van der Waals surface area (Å²) in [6.07, 6.45) is 0.644. The van der Waals surface area contributed by atoms with Crippen LogP contribution < -0.4 is 0 Å². The lowest BCUT2D eigenvalue weighted by Gasteiger charge is -1.95. The van der Waals surface area contributed by atoms with E-state index >= 15 is 0 Å². The van der Waals surface area contributed by atoms with Crippen LogP contribution in [0.25, 0.3) is 0 Å². The molecule has 68 valence electrons. The van der Waals surface area contributed by atoms with Crippen LogP contribution in [0, 0.1) is 0 Å².